The van der Waals surface area contributed by atoms with Gasteiger partial charge in [-0.2, -0.15) is 0 Å². The first kappa shape index (κ1) is 21.5. The van der Waals surface area contributed by atoms with E-state index in [1.54, 1.807) is 17.0 Å². The molecule has 30 heavy (non-hydrogen) atoms. The molecule has 1 aromatic carbocycles. The minimum atomic E-state index is -0.0872. The van der Waals surface area contributed by atoms with E-state index in [4.69, 9.17) is 44.3 Å². The Labute approximate surface area is 190 Å². The van der Waals surface area contributed by atoms with Gasteiger partial charge in [-0.05, 0) is 24.3 Å². The zero-order chi connectivity index (χ0) is 21.1. The average molecular weight is 471 g/mol. The number of anilines is 1. The summed E-state index contributed by atoms with van der Waals surface area (Å²) in [5, 5.41) is 1.40. The first-order valence-corrected chi connectivity index (χ1v) is 11.0. The minimum Gasteiger partial charge on any atom is -0.473 e. The van der Waals surface area contributed by atoms with Crippen molar-refractivity contribution in [1.29, 1.82) is 0 Å². The van der Waals surface area contributed by atoms with Gasteiger partial charge in [0.25, 0.3) is 5.91 Å². The van der Waals surface area contributed by atoms with Crippen LogP contribution in [-0.4, -0.2) is 61.3 Å². The minimum absolute atomic E-state index is 0.0414. The molecule has 0 radical (unpaired) electrons. The SMILES string of the molecule is O=C(c1cnc(OC2CCOCC2)c(Cl)c1)N1CCN(c2ccc(Cl)c(Cl)c2)CC1. The highest BCUT2D eigenvalue weighted by Gasteiger charge is 2.24. The van der Waals surface area contributed by atoms with Gasteiger partial charge in [0.2, 0.25) is 5.88 Å². The molecule has 2 aromatic rings. The maximum atomic E-state index is 12.9. The van der Waals surface area contributed by atoms with Crippen molar-refractivity contribution in [2.45, 2.75) is 18.9 Å². The summed E-state index contributed by atoms with van der Waals surface area (Å²) in [4.78, 5) is 21.2. The number of ether oxygens (including phenoxy) is 2. The number of pyridine rings is 1. The van der Waals surface area contributed by atoms with Gasteiger partial charge in [-0.1, -0.05) is 34.8 Å². The van der Waals surface area contributed by atoms with Gasteiger partial charge in [0, 0.05) is 50.9 Å². The lowest BCUT2D eigenvalue weighted by atomic mass is 10.1. The quantitative estimate of drug-likeness (QED) is 0.655. The van der Waals surface area contributed by atoms with Gasteiger partial charge in [-0.25, -0.2) is 4.98 Å². The Hall–Kier alpha value is -1.73. The van der Waals surface area contributed by atoms with E-state index >= 15 is 0 Å². The smallest absolute Gasteiger partial charge is 0.255 e. The molecule has 6 nitrogen and oxygen atoms in total. The number of hydrogen-bond donors (Lipinski definition) is 0. The fourth-order valence-electron chi connectivity index (χ4n) is 3.61. The Kier molecular flexibility index (Phi) is 6.88. The van der Waals surface area contributed by atoms with Crippen molar-refractivity contribution in [3.05, 3.63) is 51.1 Å². The lowest BCUT2D eigenvalue weighted by Gasteiger charge is -2.36. The Morgan fingerprint density at radius 2 is 1.73 bits per heavy atom. The van der Waals surface area contributed by atoms with Gasteiger partial charge in [-0.3, -0.25) is 4.79 Å². The number of benzene rings is 1. The number of carbonyl (C=O) groups excluding carboxylic acids is 1. The van der Waals surface area contributed by atoms with E-state index in [1.807, 2.05) is 12.1 Å². The molecular weight excluding hydrogens is 449 g/mol. The molecule has 160 valence electrons. The predicted octanol–water partition coefficient (Wildman–Crippen LogP) is 4.56. The molecule has 0 aliphatic carbocycles. The number of rotatable bonds is 4. The van der Waals surface area contributed by atoms with E-state index in [-0.39, 0.29) is 12.0 Å². The van der Waals surface area contributed by atoms with Gasteiger partial charge in [0.1, 0.15) is 11.1 Å². The monoisotopic (exact) mass is 469 g/mol. The largest absolute Gasteiger partial charge is 0.473 e. The van der Waals surface area contributed by atoms with Gasteiger partial charge in [0.05, 0.1) is 28.8 Å². The topological polar surface area (TPSA) is 54.9 Å². The number of halogens is 3. The van der Waals surface area contributed by atoms with E-state index in [9.17, 15) is 4.79 Å². The molecule has 0 spiro atoms. The van der Waals surface area contributed by atoms with Crippen LogP contribution < -0.4 is 9.64 Å². The maximum absolute atomic E-state index is 12.9. The van der Waals surface area contributed by atoms with Crippen molar-refractivity contribution < 1.29 is 14.3 Å². The predicted molar refractivity (Wildman–Crippen MR) is 118 cm³/mol. The zero-order valence-electron chi connectivity index (χ0n) is 16.3. The normalized spacial score (nSPS) is 17.8. The summed E-state index contributed by atoms with van der Waals surface area (Å²) in [6, 6.07) is 7.21. The molecule has 1 aromatic heterocycles. The third-order valence-electron chi connectivity index (χ3n) is 5.34. The number of nitrogens with zero attached hydrogens (tertiary/aromatic N) is 3. The first-order valence-electron chi connectivity index (χ1n) is 9.90. The summed E-state index contributed by atoms with van der Waals surface area (Å²) < 4.78 is 11.2. The highest BCUT2D eigenvalue weighted by molar-refractivity contribution is 6.42. The van der Waals surface area contributed by atoms with Crippen molar-refractivity contribution in [1.82, 2.24) is 9.88 Å². The molecule has 2 saturated heterocycles. The van der Waals surface area contributed by atoms with Gasteiger partial charge >= 0.3 is 0 Å². The average Bonchev–Trinajstić information content (AvgIpc) is 2.77. The molecule has 0 atom stereocenters. The van der Waals surface area contributed by atoms with Crippen LogP contribution in [0.1, 0.15) is 23.2 Å². The molecule has 1 amide bonds. The maximum Gasteiger partial charge on any atom is 0.255 e. The van der Waals surface area contributed by atoms with Crippen LogP contribution in [0.25, 0.3) is 0 Å². The van der Waals surface area contributed by atoms with Gasteiger partial charge < -0.3 is 19.3 Å². The van der Waals surface area contributed by atoms with Crippen molar-refractivity contribution in [2.24, 2.45) is 0 Å². The molecule has 0 bridgehead atoms. The number of piperazine rings is 1. The van der Waals surface area contributed by atoms with Crippen LogP contribution in [0.15, 0.2) is 30.5 Å². The molecule has 4 rings (SSSR count). The lowest BCUT2D eigenvalue weighted by Crippen LogP contribution is -2.48. The lowest BCUT2D eigenvalue weighted by molar-refractivity contribution is 0.0238. The van der Waals surface area contributed by atoms with E-state index in [0.29, 0.717) is 65.9 Å². The molecule has 0 unspecified atom stereocenters. The standard InChI is InChI=1S/C21H22Cl3N3O3/c22-17-2-1-15(12-18(17)23)26-5-7-27(8-6-26)21(28)14-11-19(24)20(25-13-14)30-16-3-9-29-10-4-16/h1-2,11-13,16H,3-10H2. The van der Waals surface area contributed by atoms with E-state index in [0.717, 1.165) is 18.5 Å². The van der Waals surface area contributed by atoms with E-state index < -0.39 is 0 Å². The Morgan fingerprint density at radius 3 is 2.40 bits per heavy atom. The Morgan fingerprint density at radius 1 is 1.00 bits per heavy atom. The fraction of sp³-hybridized carbons (Fsp3) is 0.429. The summed E-state index contributed by atoms with van der Waals surface area (Å²) in [6.45, 7) is 3.94. The van der Waals surface area contributed by atoms with Gasteiger partial charge in [0.15, 0.2) is 0 Å². The van der Waals surface area contributed by atoms with Crippen LogP contribution in [-0.2, 0) is 4.74 Å². The van der Waals surface area contributed by atoms with E-state index in [2.05, 4.69) is 9.88 Å². The number of amides is 1. The molecule has 0 N–H and O–H groups in total. The molecule has 2 fully saturated rings. The summed E-state index contributed by atoms with van der Waals surface area (Å²) in [5.74, 6) is 0.278. The fourth-order valence-corrected chi connectivity index (χ4v) is 4.12. The summed E-state index contributed by atoms with van der Waals surface area (Å²) in [6.07, 6.45) is 3.19. The summed E-state index contributed by atoms with van der Waals surface area (Å²) in [7, 11) is 0. The molecule has 0 saturated carbocycles. The van der Waals surface area contributed by atoms with Crippen molar-refractivity contribution in [3.8, 4) is 5.88 Å². The number of aromatic nitrogens is 1. The van der Waals surface area contributed by atoms with Crippen LogP contribution in [0.5, 0.6) is 5.88 Å². The van der Waals surface area contributed by atoms with Crippen molar-refractivity contribution >= 4 is 46.4 Å². The van der Waals surface area contributed by atoms with E-state index in [1.165, 1.54) is 6.20 Å². The third kappa shape index (κ3) is 4.94. The molecular formula is C21H22Cl3N3O3. The van der Waals surface area contributed by atoms with Crippen molar-refractivity contribution in [3.63, 3.8) is 0 Å². The van der Waals surface area contributed by atoms with Crippen molar-refractivity contribution in [2.75, 3.05) is 44.3 Å². The highest BCUT2D eigenvalue weighted by Crippen LogP contribution is 2.29. The summed E-state index contributed by atoms with van der Waals surface area (Å²) in [5.41, 5.74) is 1.46. The second kappa shape index (κ2) is 9.60. The third-order valence-corrected chi connectivity index (χ3v) is 6.35. The van der Waals surface area contributed by atoms with Gasteiger partial charge in [-0.15, -0.1) is 0 Å². The molecule has 9 heteroatoms. The van der Waals surface area contributed by atoms with Crippen LogP contribution in [0.2, 0.25) is 15.1 Å². The second-order valence-corrected chi connectivity index (χ2v) is 8.54. The van der Waals surface area contributed by atoms with Crippen LogP contribution in [0.3, 0.4) is 0 Å². The molecule has 2 aliphatic rings. The van der Waals surface area contributed by atoms with Crippen LogP contribution in [0, 0.1) is 0 Å². The highest BCUT2D eigenvalue weighted by atomic mass is 35.5. The first-order chi connectivity index (χ1) is 14.5. The number of hydrogen-bond acceptors (Lipinski definition) is 5. The molecule has 3 heterocycles. The van der Waals surface area contributed by atoms with Crippen LogP contribution in [0.4, 0.5) is 5.69 Å². The van der Waals surface area contributed by atoms with Crippen LogP contribution >= 0.6 is 34.8 Å². The zero-order valence-corrected chi connectivity index (χ0v) is 18.6. The Bertz CT molecular complexity index is 914. The number of carbonyl (C=O) groups is 1. The summed E-state index contributed by atoms with van der Waals surface area (Å²) >= 11 is 18.5. The Balaban J connectivity index is 1.36. The molecule has 2 aliphatic heterocycles. The second-order valence-electron chi connectivity index (χ2n) is 7.32.